The molecule has 82 valence electrons. The van der Waals surface area contributed by atoms with E-state index in [-0.39, 0.29) is 0 Å². The number of aromatic nitrogens is 1. The standard InChI is InChI=1S/C10H12ClNO3/c1-2-3-9(10(13)14)15-8-4-7(11)5-12-6-8/h4-6,9H,2-3H2,1H3,(H,13,14). The second-order valence-corrected chi connectivity index (χ2v) is 3.51. The van der Waals surface area contributed by atoms with Crippen LogP contribution in [-0.4, -0.2) is 22.2 Å². The van der Waals surface area contributed by atoms with Crippen molar-refractivity contribution in [3.05, 3.63) is 23.5 Å². The first-order valence-corrected chi connectivity index (χ1v) is 5.01. The molecular formula is C10H12ClNO3. The van der Waals surface area contributed by atoms with E-state index in [2.05, 4.69) is 4.98 Å². The van der Waals surface area contributed by atoms with Gasteiger partial charge in [0.2, 0.25) is 0 Å². The minimum Gasteiger partial charge on any atom is -0.479 e. The molecule has 0 aliphatic carbocycles. The molecule has 0 fully saturated rings. The average Bonchev–Trinajstić information content (AvgIpc) is 2.17. The first kappa shape index (κ1) is 11.8. The van der Waals surface area contributed by atoms with E-state index in [9.17, 15) is 4.79 Å². The molecule has 1 rings (SSSR count). The van der Waals surface area contributed by atoms with Gasteiger partial charge in [0.25, 0.3) is 0 Å². The zero-order chi connectivity index (χ0) is 11.3. The maximum absolute atomic E-state index is 10.8. The number of nitrogens with zero attached hydrogens (tertiary/aromatic N) is 1. The van der Waals surface area contributed by atoms with Crippen LogP contribution in [0.5, 0.6) is 5.75 Å². The minimum absolute atomic E-state index is 0.378. The van der Waals surface area contributed by atoms with Gasteiger partial charge in [-0.25, -0.2) is 4.79 Å². The summed E-state index contributed by atoms with van der Waals surface area (Å²) >= 11 is 5.70. The fourth-order valence-electron chi connectivity index (χ4n) is 1.12. The molecule has 1 unspecified atom stereocenters. The van der Waals surface area contributed by atoms with E-state index in [1.54, 1.807) is 6.07 Å². The molecule has 5 heteroatoms. The monoisotopic (exact) mass is 229 g/mol. The number of rotatable bonds is 5. The van der Waals surface area contributed by atoms with E-state index in [1.165, 1.54) is 12.4 Å². The number of halogens is 1. The lowest BCUT2D eigenvalue weighted by Crippen LogP contribution is -2.26. The largest absolute Gasteiger partial charge is 0.479 e. The number of carboxylic acids is 1. The van der Waals surface area contributed by atoms with Gasteiger partial charge < -0.3 is 9.84 Å². The molecule has 0 amide bonds. The van der Waals surface area contributed by atoms with Crippen molar-refractivity contribution < 1.29 is 14.6 Å². The van der Waals surface area contributed by atoms with Crippen LogP contribution in [0.1, 0.15) is 19.8 Å². The quantitative estimate of drug-likeness (QED) is 0.842. The van der Waals surface area contributed by atoms with Crippen LogP contribution in [0.4, 0.5) is 0 Å². The highest BCUT2D eigenvalue weighted by atomic mass is 35.5. The fraction of sp³-hybridized carbons (Fsp3) is 0.400. The van der Waals surface area contributed by atoms with Crippen molar-refractivity contribution in [2.45, 2.75) is 25.9 Å². The number of hydrogen-bond acceptors (Lipinski definition) is 3. The van der Waals surface area contributed by atoms with Gasteiger partial charge in [0.15, 0.2) is 6.10 Å². The Bertz CT molecular complexity index is 343. The van der Waals surface area contributed by atoms with Gasteiger partial charge in [-0.2, -0.15) is 0 Å². The molecule has 0 radical (unpaired) electrons. The zero-order valence-corrected chi connectivity index (χ0v) is 9.07. The summed E-state index contributed by atoms with van der Waals surface area (Å²) < 4.78 is 5.25. The Balaban J connectivity index is 2.69. The highest BCUT2D eigenvalue weighted by molar-refractivity contribution is 6.30. The summed E-state index contributed by atoms with van der Waals surface area (Å²) in [6, 6.07) is 1.54. The molecule has 1 aromatic rings. The molecule has 0 saturated carbocycles. The van der Waals surface area contributed by atoms with Crippen LogP contribution in [0.3, 0.4) is 0 Å². The predicted octanol–water partition coefficient (Wildman–Crippen LogP) is 2.37. The predicted molar refractivity (Wildman–Crippen MR) is 56.2 cm³/mol. The van der Waals surface area contributed by atoms with Crippen molar-refractivity contribution in [2.75, 3.05) is 0 Å². The zero-order valence-electron chi connectivity index (χ0n) is 8.31. The second kappa shape index (κ2) is 5.56. The van der Waals surface area contributed by atoms with Crippen LogP contribution in [0, 0.1) is 0 Å². The third kappa shape index (κ3) is 3.75. The summed E-state index contributed by atoms with van der Waals surface area (Å²) in [5.41, 5.74) is 0. The Morgan fingerprint density at radius 3 is 2.93 bits per heavy atom. The Labute approximate surface area is 92.8 Å². The van der Waals surface area contributed by atoms with E-state index < -0.39 is 12.1 Å². The van der Waals surface area contributed by atoms with Gasteiger partial charge in [0.05, 0.1) is 11.2 Å². The number of hydrogen-bond donors (Lipinski definition) is 1. The molecule has 0 aromatic carbocycles. The maximum atomic E-state index is 10.8. The van der Waals surface area contributed by atoms with E-state index in [4.69, 9.17) is 21.4 Å². The summed E-state index contributed by atoms with van der Waals surface area (Å²) in [6.07, 6.45) is 3.27. The summed E-state index contributed by atoms with van der Waals surface area (Å²) in [4.78, 5) is 14.6. The minimum atomic E-state index is -0.975. The van der Waals surface area contributed by atoms with Crippen LogP contribution in [-0.2, 0) is 4.79 Å². The molecular weight excluding hydrogens is 218 g/mol. The van der Waals surface area contributed by atoms with E-state index in [0.717, 1.165) is 6.42 Å². The summed E-state index contributed by atoms with van der Waals surface area (Å²) in [5.74, 6) is -0.597. The van der Waals surface area contributed by atoms with Gasteiger partial charge in [-0.05, 0) is 6.42 Å². The molecule has 4 nitrogen and oxygen atoms in total. The Morgan fingerprint density at radius 2 is 2.40 bits per heavy atom. The third-order valence-corrected chi connectivity index (χ3v) is 1.99. The van der Waals surface area contributed by atoms with E-state index >= 15 is 0 Å². The smallest absolute Gasteiger partial charge is 0.344 e. The van der Waals surface area contributed by atoms with Crippen LogP contribution < -0.4 is 4.74 Å². The fourth-order valence-corrected chi connectivity index (χ4v) is 1.28. The van der Waals surface area contributed by atoms with Gasteiger partial charge in [0, 0.05) is 12.3 Å². The number of carboxylic acid groups (broad SMARTS) is 1. The van der Waals surface area contributed by atoms with Gasteiger partial charge in [-0.15, -0.1) is 0 Å². The Kier molecular flexibility index (Phi) is 4.37. The summed E-state index contributed by atoms with van der Waals surface area (Å²) in [5, 5.41) is 9.28. The van der Waals surface area contributed by atoms with Crippen molar-refractivity contribution in [3.63, 3.8) is 0 Å². The van der Waals surface area contributed by atoms with Crippen molar-refractivity contribution in [3.8, 4) is 5.75 Å². The van der Waals surface area contributed by atoms with E-state index in [1.807, 2.05) is 6.92 Å². The van der Waals surface area contributed by atoms with Crippen LogP contribution in [0.15, 0.2) is 18.5 Å². The summed E-state index contributed by atoms with van der Waals surface area (Å²) in [7, 11) is 0. The maximum Gasteiger partial charge on any atom is 0.344 e. The Morgan fingerprint density at radius 1 is 1.67 bits per heavy atom. The number of carbonyl (C=O) groups is 1. The van der Waals surface area contributed by atoms with Gasteiger partial charge in [0.1, 0.15) is 5.75 Å². The lowest BCUT2D eigenvalue weighted by Gasteiger charge is -2.13. The second-order valence-electron chi connectivity index (χ2n) is 3.07. The van der Waals surface area contributed by atoms with Crippen LogP contribution >= 0.6 is 11.6 Å². The normalized spacial score (nSPS) is 12.1. The van der Waals surface area contributed by atoms with E-state index in [0.29, 0.717) is 17.2 Å². The molecule has 1 atom stereocenters. The highest BCUT2D eigenvalue weighted by Gasteiger charge is 2.18. The molecule has 1 aromatic heterocycles. The van der Waals surface area contributed by atoms with Gasteiger partial charge >= 0.3 is 5.97 Å². The summed E-state index contributed by atoms with van der Waals surface area (Å²) in [6.45, 7) is 1.90. The molecule has 0 aliphatic rings. The lowest BCUT2D eigenvalue weighted by atomic mass is 10.2. The number of ether oxygens (including phenoxy) is 1. The first-order valence-electron chi connectivity index (χ1n) is 4.63. The lowest BCUT2D eigenvalue weighted by molar-refractivity contribution is -0.145. The van der Waals surface area contributed by atoms with Crippen molar-refractivity contribution in [2.24, 2.45) is 0 Å². The molecule has 1 N–H and O–H groups in total. The first-order chi connectivity index (χ1) is 7.13. The molecule has 15 heavy (non-hydrogen) atoms. The molecule has 0 spiro atoms. The molecule has 0 saturated heterocycles. The molecule has 0 bridgehead atoms. The molecule has 0 aliphatic heterocycles. The number of aliphatic carboxylic acids is 1. The third-order valence-electron chi connectivity index (χ3n) is 1.78. The van der Waals surface area contributed by atoms with Crippen LogP contribution in [0.2, 0.25) is 5.02 Å². The van der Waals surface area contributed by atoms with Gasteiger partial charge in [-0.3, -0.25) is 4.98 Å². The number of pyridine rings is 1. The van der Waals surface area contributed by atoms with Crippen molar-refractivity contribution in [1.82, 2.24) is 4.98 Å². The SMILES string of the molecule is CCCC(Oc1cncc(Cl)c1)C(=O)O. The highest BCUT2D eigenvalue weighted by Crippen LogP contribution is 2.17. The van der Waals surface area contributed by atoms with Crippen molar-refractivity contribution >= 4 is 17.6 Å². The molecule has 1 heterocycles. The Hall–Kier alpha value is -1.29. The topological polar surface area (TPSA) is 59.4 Å². The van der Waals surface area contributed by atoms with Gasteiger partial charge in [-0.1, -0.05) is 24.9 Å². The van der Waals surface area contributed by atoms with Crippen molar-refractivity contribution in [1.29, 1.82) is 0 Å². The average molecular weight is 230 g/mol. The van der Waals surface area contributed by atoms with Crippen LogP contribution in [0.25, 0.3) is 0 Å².